The number of fused-ring (bicyclic) bond motifs is 1. The van der Waals surface area contributed by atoms with Crippen molar-refractivity contribution in [2.75, 3.05) is 19.1 Å². The quantitative estimate of drug-likeness (QED) is 0.198. The third kappa shape index (κ3) is 4.23. The Balaban J connectivity index is 1.77. The summed E-state index contributed by atoms with van der Waals surface area (Å²) in [6, 6.07) is 17.3. The number of carbonyl (C=O) groups excluding carboxylic acids is 2. The highest BCUT2D eigenvalue weighted by Crippen LogP contribution is 2.47. The number of nitrogens with zero attached hydrogens (tertiary/aromatic N) is 2. The van der Waals surface area contributed by atoms with Crippen LogP contribution in [0.5, 0.6) is 11.5 Å². The van der Waals surface area contributed by atoms with Crippen LogP contribution in [0.15, 0.2) is 66.2 Å². The van der Waals surface area contributed by atoms with Crippen molar-refractivity contribution in [1.82, 2.24) is 4.98 Å². The van der Waals surface area contributed by atoms with E-state index in [1.165, 1.54) is 30.5 Å². The van der Waals surface area contributed by atoms with Gasteiger partial charge < -0.3 is 14.6 Å². The molecule has 2 heterocycles. The average Bonchev–Trinajstić information content (AvgIpc) is 3.45. The predicted octanol–water partition coefficient (Wildman–Crippen LogP) is 5.81. The number of Topliss-reactive ketones (excluding diaryl/α,β-unsaturated/α-hetero) is 1. The van der Waals surface area contributed by atoms with E-state index >= 15 is 0 Å². The highest BCUT2D eigenvalue weighted by Gasteiger charge is 2.49. The molecule has 1 unspecified atom stereocenters. The number of rotatable bonds is 6. The Morgan fingerprint density at radius 1 is 1.03 bits per heavy atom. The van der Waals surface area contributed by atoms with E-state index in [4.69, 9.17) is 14.5 Å². The lowest BCUT2D eigenvalue weighted by Crippen LogP contribution is -2.29. The Morgan fingerprint density at radius 2 is 1.78 bits per heavy atom. The van der Waals surface area contributed by atoms with E-state index in [9.17, 15) is 14.7 Å². The standard InChI is InChI=1S/C29H26N2O5S/c1-5-17-8-12-21-23(14-17)37-29(30-21)31-25(20-15-19(35-3)11-13-22(20)36-4)24(27(33)28(31)34)26(32)18-9-6-16(2)7-10-18/h6-15,25,32H,5H2,1-4H3/b26-24+. The van der Waals surface area contributed by atoms with Gasteiger partial charge in [0, 0.05) is 11.1 Å². The zero-order valence-corrected chi connectivity index (χ0v) is 21.8. The number of carbonyl (C=O) groups is 2. The molecule has 3 aromatic carbocycles. The fourth-order valence-electron chi connectivity index (χ4n) is 4.52. The van der Waals surface area contributed by atoms with Gasteiger partial charge in [0.2, 0.25) is 0 Å². The number of amides is 1. The van der Waals surface area contributed by atoms with E-state index in [1.807, 2.05) is 37.3 Å². The van der Waals surface area contributed by atoms with Crippen LogP contribution in [-0.2, 0) is 16.0 Å². The van der Waals surface area contributed by atoms with Gasteiger partial charge in [0.15, 0.2) is 5.13 Å². The first-order valence-electron chi connectivity index (χ1n) is 11.9. The highest BCUT2D eigenvalue weighted by atomic mass is 32.1. The Hall–Kier alpha value is -4.17. The fourth-order valence-corrected chi connectivity index (χ4v) is 5.58. The van der Waals surface area contributed by atoms with Crippen LogP contribution in [0.1, 0.15) is 35.2 Å². The minimum Gasteiger partial charge on any atom is -0.507 e. The monoisotopic (exact) mass is 514 g/mol. The first-order chi connectivity index (χ1) is 17.9. The number of ketones is 1. The normalized spacial score (nSPS) is 17.0. The minimum atomic E-state index is -0.974. The molecule has 8 heteroatoms. The summed E-state index contributed by atoms with van der Waals surface area (Å²) in [5, 5.41) is 11.7. The molecule has 0 saturated carbocycles. The molecule has 0 spiro atoms. The maximum atomic E-state index is 13.6. The molecule has 37 heavy (non-hydrogen) atoms. The third-order valence-corrected chi connectivity index (χ3v) is 7.57. The molecule has 188 valence electrons. The largest absolute Gasteiger partial charge is 0.507 e. The topological polar surface area (TPSA) is 89.0 Å². The summed E-state index contributed by atoms with van der Waals surface area (Å²) in [5.74, 6) is -0.847. The lowest BCUT2D eigenvalue weighted by atomic mass is 9.94. The molecule has 1 aromatic heterocycles. The van der Waals surface area contributed by atoms with Crippen molar-refractivity contribution in [1.29, 1.82) is 0 Å². The van der Waals surface area contributed by atoms with Crippen molar-refractivity contribution in [3.05, 3.63) is 88.5 Å². The predicted molar refractivity (Wildman–Crippen MR) is 145 cm³/mol. The first-order valence-corrected chi connectivity index (χ1v) is 12.7. The summed E-state index contributed by atoms with van der Waals surface area (Å²) >= 11 is 1.33. The van der Waals surface area contributed by atoms with Gasteiger partial charge in [-0.15, -0.1) is 0 Å². The second-order valence-electron chi connectivity index (χ2n) is 8.80. The van der Waals surface area contributed by atoms with Gasteiger partial charge in [-0.1, -0.05) is 54.2 Å². The van der Waals surface area contributed by atoms with E-state index in [2.05, 4.69) is 6.92 Å². The van der Waals surface area contributed by atoms with E-state index in [1.54, 1.807) is 30.3 Å². The Kier molecular flexibility index (Phi) is 6.43. The molecule has 7 nitrogen and oxygen atoms in total. The number of aliphatic hydroxyl groups is 1. The molecule has 4 aromatic rings. The van der Waals surface area contributed by atoms with Crippen LogP contribution < -0.4 is 14.4 Å². The number of hydrogen-bond donors (Lipinski definition) is 1. The van der Waals surface area contributed by atoms with Gasteiger partial charge in [0.05, 0.1) is 30.0 Å². The Labute approximate surface area is 218 Å². The van der Waals surface area contributed by atoms with Crippen LogP contribution in [0.25, 0.3) is 16.0 Å². The number of hydrogen-bond acceptors (Lipinski definition) is 7. The molecule has 1 atom stereocenters. The SMILES string of the molecule is CCc1ccc2nc(N3C(=O)C(=O)/C(=C(/O)c4ccc(C)cc4)C3c3cc(OC)ccc3OC)sc2c1. The average molecular weight is 515 g/mol. The van der Waals surface area contributed by atoms with Crippen LogP contribution in [0.4, 0.5) is 5.13 Å². The number of aliphatic hydroxyl groups excluding tert-OH is 1. The number of methoxy groups -OCH3 is 2. The summed E-state index contributed by atoms with van der Waals surface area (Å²) < 4.78 is 12.0. The number of anilines is 1. The molecule has 1 fully saturated rings. The summed E-state index contributed by atoms with van der Waals surface area (Å²) in [7, 11) is 3.05. The van der Waals surface area contributed by atoms with Crippen molar-refractivity contribution in [3.8, 4) is 11.5 Å². The molecule has 1 aliphatic heterocycles. The number of aromatic nitrogens is 1. The van der Waals surface area contributed by atoms with E-state index in [-0.39, 0.29) is 11.3 Å². The molecule has 5 rings (SSSR count). The second kappa shape index (κ2) is 9.71. The van der Waals surface area contributed by atoms with Crippen molar-refractivity contribution in [2.24, 2.45) is 0 Å². The molecular formula is C29H26N2O5S. The van der Waals surface area contributed by atoms with Crippen LogP contribution in [-0.4, -0.2) is 36.0 Å². The lowest BCUT2D eigenvalue weighted by Gasteiger charge is -2.25. The van der Waals surface area contributed by atoms with Crippen molar-refractivity contribution < 1.29 is 24.2 Å². The Morgan fingerprint density at radius 3 is 2.46 bits per heavy atom. The third-order valence-electron chi connectivity index (χ3n) is 6.56. The van der Waals surface area contributed by atoms with Gasteiger partial charge in [-0.05, 0) is 49.2 Å². The van der Waals surface area contributed by atoms with E-state index in [0.717, 1.165) is 27.8 Å². The van der Waals surface area contributed by atoms with Crippen LogP contribution in [0, 0.1) is 6.92 Å². The van der Waals surface area contributed by atoms with Crippen molar-refractivity contribution in [2.45, 2.75) is 26.3 Å². The summed E-state index contributed by atoms with van der Waals surface area (Å²) in [5.41, 5.74) is 3.79. The van der Waals surface area contributed by atoms with Gasteiger partial charge >= 0.3 is 5.91 Å². The molecular weight excluding hydrogens is 488 g/mol. The summed E-state index contributed by atoms with van der Waals surface area (Å²) in [4.78, 5) is 33.1. The molecule has 1 saturated heterocycles. The van der Waals surface area contributed by atoms with Crippen LogP contribution >= 0.6 is 11.3 Å². The Bertz CT molecular complexity index is 1550. The van der Waals surface area contributed by atoms with Crippen molar-refractivity contribution in [3.63, 3.8) is 0 Å². The zero-order chi connectivity index (χ0) is 26.3. The zero-order valence-electron chi connectivity index (χ0n) is 20.9. The number of ether oxygens (including phenoxy) is 2. The van der Waals surface area contributed by atoms with Crippen molar-refractivity contribution >= 4 is 44.1 Å². The first kappa shape index (κ1) is 24.5. The number of thiazole rings is 1. The fraction of sp³-hybridized carbons (Fsp3) is 0.207. The molecule has 0 aliphatic carbocycles. The molecule has 1 N–H and O–H groups in total. The van der Waals surface area contributed by atoms with Crippen LogP contribution in [0.2, 0.25) is 0 Å². The second-order valence-corrected chi connectivity index (χ2v) is 9.80. The smallest absolute Gasteiger partial charge is 0.301 e. The minimum absolute atomic E-state index is 0.0334. The summed E-state index contributed by atoms with van der Waals surface area (Å²) in [6.45, 7) is 4.00. The van der Waals surface area contributed by atoms with Gasteiger partial charge in [-0.25, -0.2) is 4.98 Å². The van der Waals surface area contributed by atoms with Gasteiger partial charge in [0.25, 0.3) is 5.78 Å². The number of benzene rings is 3. The lowest BCUT2D eigenvalue weighted by molar-refractivity contribution is -0.132. The van der Waals surface area contributed by atoms with E-state index in [0.29, 0.717) is 27.8 Å². The van der Waals surface area contributed by atoms with E-state index < -0.39 is 17.7 Å². The summed E-state index contributed by atoms with van der Waals surface area (Å²) in [6.07, 6.45) is 0.866. The molecule has 1 aliphatic rings. The number of aryl methyl sites for hydroxylation is 2. The molecule has 0 bridgehead atoms. The maximum absolute atomic E-state index is 13.6. The van der Waals surface area contributed by atoms with Gasteiger partial charge in [-0.3, -0.25) is 14.5 Å². The maximum Gasteiger partial charge on any atom is 0.301 e. The highest BCUT2D eigenvalue weighted by molar-refractivity contribution is 7.22. The van der Waals surface area contributed by atoms with Gasteiger partial charge in [-0.2, -0.15) is 0 Å². The van der Waals surface area contributed by atoms with Gasteiger partial charge in [0.1, 0.15) is 23.3 Å². The molecule has 0 radical (unpaired) electrons. The molecule has 1 amide bonds. The van der Waals surface area contributed by atoms with Crippen LogP contribution in [0.3, 0.4) is 0 Å².